The van der Waals surface area contributed by atoms with Crippen LogP contribution in [0.1, 0.15) is 37.5 Å². The van der Waals surface area contributed by atoms with Crippen LogP contribution in [0.3, 0.4) is 0 Å². The summed E-state index contributed by atoms with van der Waals surface area (Å²) in [6.45, 7) is 7.53. The minimum absolute atomic E-state index is 0.0727. The number of aliphatic hydroxyl groups excluding tert-OH is 1. The van der Waals surface area contributed by atoms with E-state index >= 15 is 0 Å². The fourth-order valence-corrected chi connectivity index (χ4v) is 2.31. The topological polar surface area (TPSA) is 32.6 Å². The molecule has 0 fully saturated rings. The maximum absolute atomic E-state index is 9.34. The van der Waals surface area contributed by atoms with Crippen LogP contribution in [0.2, 0.25) is 0 Å². The zero-order valence-corrected chi connectivity index (χ0v) is 10.2. The molecule has 0 spiro atoms. The molecule has 0 amide bonds. The summed E-state index contributed by atoms with van der Waals surface area (Å²) in [6.07, 6.45) is 0.950. The van der Waals surface area contributed by atoms with Crippen LogP contribution >= 0.6 is 0 Å². The van der Waals surface area contributed by atoms with Crippen molar-refractivity contribution >= 4 is 5.71 Å². The van der Waals surface area contributed by atoms with Gasteiger partial charge in [0.2, 0.25) is 0 Å². The molecule has 0 unspecified atom stereocenters. The third-order valence-corrected chi connectivity index (χ3v) is 3.04. The summed E-state index contributed by atoms with van der Waals surface area (Å²) in [7, 11) is 0. The molecule has 2 nitrogen and oxygen atoms in total. The standard InChI is InChI=1S/C14H19NO/c1-14(2,3)13-12-6-4-5-10(9-16)11(12)7-8-15-13/h4-6,16H,7-9H2,1-3H3. The van der Waals surface area contributed by atoms with E-state index in [2.05, 4.69) is 31.8 Å². The average molecular weight is 217 g/mol. The Labute approximate surface area is 97.0 Å². The second-order valence-electron chi connectivity index (χ2n) is 5.33. The summed E-state index contributed by atoms with van der Waals surface area (Å²) in [4.78, 5) is 4.65. The van der Waals surface area contributed by atoms with Gasteiger partial charge >= 0.3 is 0 Å². The molecule has 1 aromatic carbocycles. The molecule has 0 aliphatic carbocycles. The van der Waals surface area contributed by atoms with Gasteiger partial charge in [-0.15, -0.1) is 0 Å². The average Bonchev–Trinajstić information content (AvgIpc) is 2.26. The van der Waals surface area contributed by atoms with Gasteiger partial charge in [-0.2, -0.15) is 0 Å². The van der Waals surface area contributed by atoms with Crippen molar-refractivity contribution in [3.05, 3.63) is 34.9 Å². The van der Waals surface area contributed by atoms with E-state index in [9.17, 15) is 5.11 Å². The molecule has 1 aromatic rings. The van der Waals surface area contributed by atoms with Crippen molar-refractivity contribution in [2.24, 2.45) is 10.4 Å². The molecule has 2 rings (SSSR count). The van der Waals surface area contributed by atoms with Crippen molar-refractivity contribution in [1.82, 2.24) is 0 Å². The molecule has 2 heteroatoms. The highest BCUT2D eigenvalue weighted by atomic mass is 16.3. The second kappa shape index (κ2) is 4.02. The van der Waals surface area contributed by atoms with Gasteiger partial charge < -0.3 is 5.11 Å². The van der Waals surface area contributed by atoms with Crippen molar-refractivity contribution in [2.45, 2.75) is 33.8 Å². The van der Waals surface area contributed by atoms with Crippen molar-refractivity contribution in [3.8, 4) is 0 Å². The third-order valence-electron chi connectivity index (χ3n) is 3.04. The molecule has 0 aromatic heterocycles. The molecule has 0 atom stereocenters. The SMILES string of the molecule is CC(C)(C)C1=NCCc2c(CO)cccc21. The molecular weight excluding hydrogens is 198 g/mol. The Hall–Kier alpha value is -1.15. The van der Waals surface area contributed by atoms with Gasteiger partial charge in [0.25, 0.3) is 0 Å². The summed E-state index contributed by atoms with van der Waals surface area (Å²) in [5.74, 6) is 0. The molecule has 86 valence electrons. The first-order valence-electron chi connectivity index (χ1n) is 5.81. The van der Waals surface area contributed by atoms with Gasteiger partial charge in [0.15, 0.2) is 0 Å². The minimum atomic E-state index is 0.0727. The van der Waals surface area contributed by atoms with E-state index in [0.717, 1.165) is 18.5 Å². The molecule has 0 bridgehead atoms. The molecule has 0 saturated carbocycles. The lowest BCUT2D eigenvalue weighted by Crippen LogP contribution is -2.27. The Morgan fingerprint density at radius 2 is 2.06 bits per heavy atom. The van der Waals surface area contributed by atoms with Crippen LogP contribution in [0.4, 0.5) is 0 Å². The maximum Gasteiger partial charge on any atom is 0.0684 e. The van der Waals surface area contributed by atoms with Gasteiger partial charge in [-0.05, 0) is 23.1 Å². The first-order chi connectivity index (χ1) is 7.54. The van der Waals surface area contributed by atoms with E-state index < -0.39 is 0 Å². The van der Waals surface area contributed by atoms with Gasteiger partial charge in [-0.1, -0.05) is 39.0 Å². The maximum atomic E-state index is 9.34. The summed E-state index contributed by atoms with van der Waals surface area (Å²) in [5, 5.41) is 9.34. The quantitative estimate of drug-likeness (QED) is 0.770. The summed E-state index contributed by atoms with van der Waals surface area (Å²) >= 11 is 0. The Morgan fingerprint density at radius 3 is 2.69 bits per heavy atom. The predicted molar refractivity (Wildman–Crippen MR) is 66.9 cm³/mol. The second-order valence-corrected chi connectivity index (χ2v) is 5.33. The highest BCUT2D eigenvalue weighted by molar-refractivity contribution is 6.06. The van der Waals surface area contributed by atoms with Crippen LogP contribution in [-0.2, 0) is 13.0 Å². The monoisotopic (exact) mass is 217 g/mol. The normalized spacial score (nSPS) is 15.6. The zero-order chi connectivity index (χ0) is 11.8. The number of rotatable bonds is 1. The summed E-state index contributed by atoms with van der Waals surface area (Å²) in [6, 6.07) is 6.14. The van der Waals surface area contributed by atoms with Crippen LogP contribution in [0.25, 0.3) is 0 Å². The molecule has 1 aliphatic heterocycles. The fourth-order valence-electron chi connectivity index (χ4n) is 2.31. The van der Waals surface area contributed by atoms with Gasteiger partial charge in [-0.3, -0.25) is 4.99 Å². The highest BCUT2D eigenvalue weighted by Gasteiger charge is 2.25. The van der Waals surface area contributed by atoms with Gasteiger partial charge in [0, 0.05) is 17.7 Å². The smallest absolute Gasteiger partial charge is 0.0684 e. The van der Waals surface area contributed by atoms with E-state index in [1.165, 1.54) is 16.8 Å². The Bertz CT molecular complexity index is 427. The molecule has 0 radical (unpaired) electrons. The lowest BCUT2D eigenvalue weighted by molar-refractivity contribution is 0.280. The van der Waals surface area contributed by atoms with Crippen LogP contribution in [0, 0.1) is 5.41 Å². The number of aliphatic hydroxyl groups is 1. The molecule has 1 N–H and O–H groups in total. The van der Waals surface area contributed by atoms with Crippen LogP contribution in [-0.4, -0.2) is 17.4 Å². The fraction of sp³-hybridized carbons (Fsp3) is 0.500. The van der Waals surface area contributed by atoms with E-state index in [0.29, 0.717) is 0 Å². The van der Waals surface area contributed by atoms with Crippen molar-refractivity contribution < 1.29 is 5.11 Å². The summed E-state index contributed by atoms with van der Waals surface area (Å²) < 4.78 is 0. The van der Waals surface area contributed by atoms with Crippen LogP contribution in [0.5, 0.6) is 0 Å². The van der Waals surface area contributed by atoms with Gasteiger partial charge in [0.1, 0.15) is 0 Å². The Kier molecular flexibility index (Phi) is 2.85. The highest BCUT2D eigenvalue weighted by Crippen LogP contribution is 2.29. The third kappa shape index (κ3) is 1.90. The van der Waals surface area contributed by atoms with Crippen LogP contribution in [0.15, 0.2) is 23.2 Å². The first-order valence-corrected chi connectivity index (χ1v) is 5.81. The molecular formula is C14H19NO. The first kappa shape index (κ1) is 11.3. The van der Waals surface area contributed by atoms with E-state index in [-0.39, 0.29) is 12.0 Å². The molecule has 1 heterocycles. The number of benzene rings is 1. The molecule has 16 heavy (non-hydrogen) atoms. The largest absolute Gasteiger partial charge is 0.392 e. The predicted octanol–water partition coefficient (Wildman–Crippen LogP) is 2.57. The lowest BCUT2D eigenvalue weighted by atomic mass is 9.80. The molecule has 1 aliphatic rings. The number of fused-ring (bicyclic) bond motifs is 1. The Morgan fingerprint density at radius 1 is 1.31 bits per heavy atom. The Balaban J connectivity index is 2.55. The number of nitrogens with zero attached hydrogens (tertiary/aromatic N) is 1. The van der Waals surface area contributed by atoms with E-state index in [4.69, 9.17) is 0 Å². The van der Waals surface area contributed by atoms with Crippen LogP contribution < -0.4 is 0 Å². The zero-order valence-electron chi connectivity index (χ0n) is 10.2. The number of aliphatic imine (C=N–C) groups is 1. The van der Waals surface area contributed by atoms with Gasteiger partial charge in [-0.25, -0.2) is 0 Å². The molecule has 0 saturated heterocycles. The van der Waals surface area contributed by atoms with Gasteiger partial charge in [0.05, 0.1) is 6.61 Å². The minimum Gasteiger partial charge on any atom is -0.392 e. The number of hydrogen-bond donors (Lipinski definition) is 1. The summed E-state index contributed by atoms with van der Waals surface area (Å²) in [5.41, 5.74) is 4.80. The lowest BCUT2D eigenvalue weighted by Gasteiger charge is -2.28. The number of hydrogen-bond acceptors (Lipinski definition) is 2. The van der Waals surface area contributed by atoms with E-state index in [1.54, 1.807) is 0 Å². The van der Waals surface area contributed by atoms with Crippen molar-refractivity contribution in [3.63, 3.8) is 0 Å². The van der Waals surface area contributed by atoms with Crippen molar-refractivity contribution in [2.75, 3.05) is 6.54 Å². The van der Waals surface area contributed by atoms with Crippen molar-refractivity contribution in [1.29, 1.82) is 0 Å². The van der Waals surface area contributed by atoms with E-state index in [1.807, 2.05) is 12.1 Å².